The number of fused-ring (bicyclic) bond motifs is 1. The SMILES string of the molecule is CCC(CC)C(=O)NCCOc1ccc2c(c1)CCC2. The second-order valence-electron chi connectivity index (χ2n) is 5.44. The maximum atomic E-state index is 11.8. The van der Waals surface area contributed by atoms with E-state index in [1.165, 1.54) is 24.0 Å². The zero-order chi connectivity index (χ0) is 14.4. The number of amides is 1. The lowest BCUT2D eigenvalue weighted by molar-refractivity contribution is -0.125. The van der Waals surface area contributed by atoms with Crippen molar-refractivity contribution in [2.45, 2.75) is 46.0 Å². The molecular weight excluding hydrogens is 250 g/mol. The summed E-state index contributed by atoms with van der Waals surface area (Å²) >= 11 is 0. The standard InChI is InChI=1S/C17H25NO2/c1-3-13(4-2)17(19)18-10-11-20-16-9-8-14-6-5-7-15(14)12-16/h8-9,12-13H,3-7,10-11H2,1-2H3,(H,18,19). The Labute approximate surface area is 121 Å². The molecule has 0 saturated carbocycles. The van der Waals surface area contributed by atoms with Gasteiger partial charge in [0.2, 0.25) is 5.91 Å². The number of ether oxygens (including phenoxy) is 1. The van der Waals surface area contributed by atoms with E-state index < -0.39 is 0 Å². The van der Waals surface area contributed by atoms with Crippen LogP contribution in [0.15, 0.2) is 18.2 Å². The quantitative estimate of drug-likeness (QED) is 0.777. The molecule has 1 N–H and O–H groups in total. The number of carbonyl (C=O) groups excluding carboxylic acids is 1. The van der Waals surface area contributed by atoms with Gasteiger partial charge in [0.1, 0.15) is 12.4 Å². The lowest BCUT2D eigenvalue weighted by Gasteiger charge is -2.13. The summed E-state index contributed by atoms with van der Waals surface area (Å²) in [4.78, 5) is 11.8. The Morgan fingerprint density at radius 2 is 2.00 bits per heavy atom. The minimum atomic E-state index is 0.134. The first-order chi connectivity index (χ1) is 9.74. The van der Waals surface area contributed by atoms with Crippen molar-refractivity contribution in [2.24, 2.45) is 5.92 Å². The Kier molecular flexibility index (Phi) is 5.45. The third kappa shape index (κ3) is 3.75. The minimum Gasteiger partial charge on any atom is -0.492 e. The summed E-state index contributed by atoms with van der Waals surface area (Å²) in [6.07, 6.45) is 5.41. The molecule has 0 radical (unpaired) electrons. The predicted octanol–water partition coefficient (Wildman–Crippen LogP) is 3.11. The second-order valence-corrected chi connectivity index (χ2v) is 5.44. The number of hydrogen-bond donors (Lipinski definition) is 1. The van der Waals surface area contributed by atoms with E-state index in [0.717, 1.165) is 25.0 Å². The van der Waals surface area contributed by atoms with Crippen molar-refractivity contribution < 1.29 is 9.53 Å². The number of benzene rings is 1. The monoisotopic (exact) mass is 275 g/mol. The molecule has 110 valence electrons. The zero-order valence-corrected chi connectivity index (χ0v) is 12.6. The molecule has 2 rings (SSSR count). The van der Waals surface area contributed by atoms with Crippen LogP contribution in [-0.4, -0.2) is 19.1 Å². The summed E-state index contributed by atoms with van der Waals surface area (Å²) in [5.41, 5.74) is 2.88. The molecule has 0 fully saturated rings. The molecule has 0 saturated heterocycles. The Hall–Kier alpha value is -1.51. The van der Waals surface area contributed by atoms with E-state index in [-0.39, 0.29) is 11.8 Å². The number of carbonyl (C=O) groups is 1. The average Bonchev–Trinajstić information content (AvgIpc) is 2.92. The molecule has 3 nitrogen and oxygen atoms in total. The van der Waals surface area contributed by atoms with Crippen LogP contribution in [0.1, 0.15) is 44.2 Å². The van der Waals surface area contributed by atoms with Gasteiger partial charge in [-0.05, 0) is 55.4 Å². The van der Waals surface area contributed by atoms with E-state index in [1.54, 1.807) is 0 Å². The van der Waals surface area contributed by atoms with Crippen LogP contribution >= 0.6 is 0 Å². The molecule has 0 bridgehead atoms. The fourth-order valence-electron chi connectivity index (χ4n) is 2.78. The van der Waals surface area contributed by atoms with Gasteiger partial charge in [0.25, 0.3) is 0 Å². The fraction of sp³-hybridized carbons (Fsp3) is 0.588. The van der Waals surface area contributed by atoms with Gasteiger partial charge < -0.3 is 10.1 Å². The highest BCUT2D eigenvalue weighted by atomic mass is 16.5. The normalized spacial score (nSPS) is 13.3. The lowest BCUT2D eigenvalue weighted by atomic mass is 10.0. The van der Waals surface area contributed by atoms with Gasteiger partial charge in [-0.1, -0.05) is 19.9 Å². The van der Waals surface area contributed by atoms with Crippen molar-refractivity contribution in [2.75, 3.05) is 13.2 Å². The molecule has 20 heavy (non-hydrogen) atoms. The van der Waals surface area contributed by atoms with Crippen LogP contribution in [0, 0.1) is 5.92 Å². The Balaban J connectivity index is 1.72. The van der Waals surface area contributed by atoms with Gasteiger partial charge in [-0.25, -0.2) is 0 Å². The smallest absolute Gasteiger partial charge is 0.223 e. The van der Waals surface area contributed by atoms with Gasteiger partial charge >= 0.3 is 0 Å². The number of aryl methyl sites for hydroxylation is 2. The van der Waals surface area contributed by atoms with Crippen molar-refractivity contribution in [3.05, 3.63) is 29.3 Å². The van der Waals surface area contributed by atoms with Gasteiger partial charge in [0.05, 0.1) is 6.54 Å². The molecule has 0 atom stereocenters. The van der Waals surface area contributed by atoms with Gasteiger partial charge in [-0.3, -0.25) is 4.79 Å². The van der Waals surface area contributed by atoms with Crippen LogP contribution in [0.2, 0.25) is 0 Å². The first kappa shape index (κ1) is 14.9. The predicted molar refractivity (Wildman–Crippen MR) is 81.0 cm³/mol. The maximum Gasteiger partial charge on any atom is 0.223 e. The lowest BCUT2D eigenvalue weighted by Crippen LogP contribution is -2.33. The molecule has 3 heteroatoms. The molecule has 0 spiro atoms. The van der Waals surface area contributed by atoms with Crippen LogP contribution in [0.4, 0.5) is 0 Å². The van der Waals surface area contributed by atoms with E-state index in [2.05, 4.69) is 31.3 Å². The number of rotatable bonds is 7. The van der Waals surface area contributed by atoms with Crippen LogP contribution in [-0.2, 0) is 17.6 Å². The maximum absolute atomic E-state index is 11.8. The van der Waals surface area contributed by atoms with E-state index in [1.807, 2.05) is 6.07 Å². The summed E-state index contributed by atoms with van der Waals surface area (Å²) in [6.45, 7) is 5.21. The first-order valence-corrected chi connectivity index (χ1v) is 7.77. The van der Waals surface area contributed by atoms with Crippen LogP contribution in [0.5, 0.6) is 5.75 Å². The van der Waals surface area contributed by atoms with Gasteiger partial charge in [-0.15, -0.1) is 0 Å². The van der Waals surface area contributed by atoms with Crippen molar-refractivity contribution >= 4 is 5.91 Å². The van der Waals surface area contributed by atoms with Crippen molar-refractivity contribution in [1.29, 1.82) is 0 Å². The Morgan fingerprint density at radius 3 is 2.75 bits per heavy atom. The first-order valence-electron chi connectivity index (χ1n) is 7.77. The zero-order valence-electron chi connectivity index (χ0n) is 12.6. The average molecular weight is 275 g/mol. The highest BCUT2D eigenvalue weighted by Gasteiger charge is 2.13. The third-order valence-corrected chi connectivity index (χ3v) is 4.10. The Bertz CT molecular complexity index is 452. The minimum absolute atomic E-state index is 0.134. The Morgan fingerprint density at radius 1 is 1.25 bits per heavy atom. The van der Waals surface area contributed by atoms with Crippen LogP contribution in [0.25, 0.3) is 0 Å². The second kappa shape index (κ2) is 7.32. The van der Waals surface area contributed by atoms with E-state index in [9.17, 15) is 4.79 Å². The topological polar surface area (TPSA) is 38.3 Å². The molecule has 1 aromatic rings. The number of nitrogens with one attached hydrogen (secondary N) is 1. The van der Waals surface area contributed by atoms with Crippen molar-refractivity contribution in [1.82, 2.24) is 5.32 Å². The molecule has 1 aliphatic carbocycles. The van der Waals surface area contributed by atoms with Crippen LogP contribution in [0.3, 0.4) is 0 Å². The molecule has 1 aliphatic rings. The van der Waals surface area contributed by atoms with Gasteiger partial charge in [0.15, 0.2) is 0 Å². The largest absolute Gasteiger partial charge is 0.492 e. The molecule has 0 aromatic heterocycles. The highest BCUT2D eigenvalue weighted by Crippen LogP contribution is 2.25. The van der Waals surface area contributed by atoms with Crippen molar-refractivity contribution in [3.8, 4) is 5.75 Å². The number of hydrogen-bond acceptors (Lipinski definition) is 2. The third-order valence-electron chi connectivity index (χ3n) is 4.10. The summed E-state index contributed by atoms with van der Waals surface area (Å²) < 4.78 is 5.71. The summed E-state index contributed by atoms with van der Waals surface area (Å²) in [5.74, 6) is 1.20. The summed E-state index contributed by atoms with van der Waals surface area (Å²) in [5, 5.41) is 2.94. The van der Waals surface area contributed by atoms with E-state index >= 15 is 0 Å². The molecule has 1 amide bonds. The molecule has 0 unspecified atom stereocenters. The van der Waals surface area contributed by atoms with E-state index in [4.69, 9.17) is 4.74 Å². The van der Waals surface area contributed by atoms with Crippen LogP contribution < -0.4 is 10.1 Å². The van der Waals surface area contributed by atoms with Crippen molar-refractivity contribution in [3.63, 3.8) is 0 Å². The molecule has 0 heterocycles. The van der Waals surface area contributed by atoms with E-state index in [0.29, 0.717) is 13.2 Å². The molecule has 1 aromatic carbocycles. The molecular formula is C17H25NO2. The summed E-state index contributed by atoms with van der Waals surface area (Å²) in [7, 11) is 0. The fourth-order valence-corrected chi connectivity index (χ4v) is 2.78. The summed E-state index contributed by atoms with van der Waals surface area (Å²) in [6, 6.07) is 6.35. The highest BCUT2D eigenvalue weighted by molar-refractivity contribution is 5.78. The molecule has 0 aliphatic heterocycles. The van der Waals surface area contributed by atoms with Gasteiger partial charge in [0, 0.05) is 5.92 Å². The van der Waals surface area contributed by atoms with Gasteiger partial charge in [-0.2, -0.15) is 0 Å².